The molecule has 0 amide bonds. The molecule has 0 aliphatic heterocycles. The highest BCUT2D eigenvalue weighted by Gasteiger charge is 2.25. The Morgan fingerprint density at radius 2 is 1.95 bits per heavy atom. The van der Waals surface area contributed by atoms with Crippen molar-refractivity contribution in [3.05, 3.63) is 68.5 Å². The largest absolute Gasteiger partial charge is 0.708 e. The number of alkyl halides is 1. The van der Waals surface area contributed by atoms with Crippen LogP contribution in [0.2, 0.25) is 0 Å². The SMILES string of the molecule is Cc1c(C(=O)c2ccccc2)c(CBr)[n+]([O-])c(=O)n1C. The Morgan fingerprint density at radius 1 is 1.35 bits per heavy atom. The molecule has 0 bridgehead atoms. The van der Waals surface area contributed by atoms with Crippen molar-refractivity contribution < 1.29 is 9.52 Å². The fourth-order valence-corrected chi connectivity index (χ4v) is 2.53. The Balaban J connectivity index is 2.75. The molecule has 0 unspecified atom stereocenters. The highest BCUT2D eigenvalue weighted by molar-refractivity contribution is 9.08. The van der Waals surface area contributed by atoms with Crippen molar-refractivity contribution in [1.29, 1.82) is 0 Å². The fraction of sp³-hybridized carbons (Fsp3) is 0.214. The first-order valence-electron chi connectivity index (χ1n) is 5.96. The van der Waals surface area contributed by atoms with E-state index in [9.17, 15) is 14.8 Å². The van der Waals surface area contributed by atoms with Crippen LogP contribution in [0.25, 0.3) is 0 Å². The molecule has 0 saturated heterocycles. The lowest BCUT2D eigenvalue weighted by atomic mass is 10.0. The van der Waals surface area contributed by atoms with Crippen molar-refractivity contribution in [1.82, 2.24) is 4.57 Å². The minimum absolute atomic E-state index is 0.138. The van der Waals surface area contributed by atoms with Crippen LogP contribution < -0.4 is 10.4 Å². The minimum atomic E-state index is -0.693. The lowest BCUT2D eigenvalue weighted by Crippen LogP contribution is -2.54. The molecule has 2 aromatic rings. The van der Waals surface area contributed by atoms with Gasteiger partial charge in [0.1, 0.15) is 17.0 Å². The molecule has 2 rings (SSSR count). The number of rotatable bonds is 3. The Labute approximate surface area is 124 Å². The molecule has 1 aromatic carbocycles. The average Bonchev–Trinajstić information content (AvgIpc) is 2.48. The van der Waals surface area contributed by atoms with E-state index in [0.717, 1.165) is 0 Å². The second-order valence-electron chi connectivity index (χ2n) is 4.37. The summed E-state index contributed by atoms with van der Waals surface area (Å²) in [6, 6.07) is 8.68. The first-order valence-corrected chi connectivity index (χ1v) is 7.09. The summed E-state index contributed by atoms with van der Waals surface area (Å²) in [5, 5.41) is 12.1. The molecule has 0 fully saturated rings. The summed E-state index contributed by atoms with van der Waals surface area (Å²) >= 11 is 3.17. The lowest BCUT2D eigenvalue weighted by Gasteiger charge is -2.14. The lowest BCUT2D eigenvalue weighted by molar-refractivity contribution is -0.633. The predicted octanol–water partition coefficient (Wildman–Crippen LogP) is 1.45. The molecular formula is C14H13BrN2O3. The third kappa shape index (κ3) is 2.27. The Bertz CT molecular complexity index is 723. The first-order chi connectivity index (χ1) is 9.49. The van der Waals surface area contributed by atoms with Crippen molar-refractivity contribution in [3.8, 4) is 0 Å². The Morgan fingerprint density at radius 3 is 2.50 bits per heavy atom. The van der Waals surface area contributed by atoms with Gasteiger partial charge < -0.3 is 5.21 Å². The number of halogens is 1. The van der Waals surface area contributed by atoms with Gasteiger partial charge in [-0.3, -0.25) is 4.79 Å². The highest BCUT2D eigenvalue weighted by Crippen LogP contribution is 2.16. The molecule has 0 spiro atoms. The zero-order valence-corrected chi connectivity index (χ0v) is 12.7. The molecule has 0 saturated carbocycles. The molecule has 1 aromatic heterocycles. The van der Waals surface area contributed by atoms with Gasteiger partial charge in [0.2, 0.25) is 5.78 Å². The van der Waals surface area contributed by atoms with E-state index in [2.05, 4.69) is 15.9 Å². The van der Waals surface area contributed by atoms with Gasteiger partial charge in [-0.25, -0.2) is 0 Å². The molecule has 20 heavy (non-hydrogen) atoms. The van der Waals surface area contributed by atoms with Gasteiger partial charge in [0, 0.05) is 5.56 Å². The van der Waals surface area contributed by atoms with Gasteiger partial charge in [0.05, 0.1) is 12.4 Å². The molecule has 0 aliphatic rings. The number of aromatic nitrogens is 2. The maximum absolute atomic E-state index is 12.6. The summed E-state index contributed by atoms with van der Waals surface area (Å²) in [7, 11) is 1.48. The van der Waals surface area contributed by atoms with Gasteiger partial charge in [-0.2, -0.15) is 14.1 Å². The van der Waals surface area contributed by atoms with Crippen LogP contribution in [0.5, 0.6) is 0 Å². The van der Waals surface area contributed by atoms with Gasteiger partial charge in [-0.15, -0.1) is 0 Å². The van der Waals surface area contributed by atoms with Gasteiger partial charge in [0.15, 0.2) is 0 Å². The molecule has 0 atom stereocenters. The summed E-state index contributed by atoms with van der Waals surface area (Å²) in [5.74, 6) is -0.266. The summed E-state index contributed by atoms with van der Waals surface area (Å²) in [6.07, 6.45) is 0. The van der Waals surface area contributed by atoms with Gasteiger partial charge in [-0.1, -0.05) is 46.3 Å². The van der Waals surface area contributed by atoms with Crippen LogP contribution in [-0.2, 0) is 12.4 Å². The standard InChI is InChI=1S/C14H13BrN2O3/c1-9-12(13(18)10-6-4-3-5-7-10)11(8-15)17(20)14(19)16(9)2/h3-7H,8H2,1-2H3. The second kappa shape index (κ2) is 5.58. The van der Waals surface area contributed by atoms with Crippen LogP contribution in [0.1, 0.15) is 27.3 Å². The van der Waals surface area contributed by atoms with Crippen LogP contribution in [-0.4, -0.2) is 10.4 Å². The van der Waals surface area contributed by atoms with E-state index in [1.807, 2.05) is 6.07 Å². The quantitative estimate of drug-likeness (QED) is 0.369. The summed E-state index contributed by atoms with van der Waals surface area (Å²) in [5.41, 5.74) is 0.674. The number of carbonyl (C=O) groups excluding carboxylic acids is 1. The zero-order chi connectivity index (χ0) is 14.9. The molecule has 6 heteroatoms. The third-order valence-corrected chi connectivity index (χ3v) is 3.78. The van der Waals surface area contributed by atoms with E-state index in [0.29, 0.717) is 11.3 Å². The highest BCUT2D eigenvalue weighted by atomic mass is 79.9. The third-order valence-electron chi connectivity index (χ3n) is 3.25. The maximum Gasteiger partial charge on any atom is 0.501 e. The first kappa shape index (κ1) is 14.5. The van der Waals surface area contributed by atoms with Crippen LogP contribution in [0, 0.1) is 12.1 Å². The van der Waals surface area contributed by atoms with Gasteiger partial charge in [0.25, 0.3) is 0 Å². The van der Waals surface area contributed by atoms with Crippen LogP contribution in [0.3, 0.4) is 0 Å². The van der Waals surface area contributed by atoms with E-state index in [1.54, 1.807) is 31.2 Å². The number of nitrogens with zero attached hydrogens (tertiary/aromatic N) is 2. The number of benzene rings is 1. The minimum Gasteiger partial charge on any atom is -0.708 e. The molecule has 0 radical (unpaired) electrons. The summed E-state index contributed by atoms with van der Waals surface area (Å²) in [6.45, 7) is 1.66. The molecule has 5 nitrogen and oxygen atoms in total. The molecule has 104 valence electrons. The van der Waals surface area contributed by atoms with Crippen LogP contribution in [0.4, 0.5) is 0 Å². The number of carbonyl (C=O) groups is 1. The summed E-state index contributed by atoms with van der Waals surface area (Å²) in [4.78, 5) is 24.3. The Kier molecular flexibility index (Phi) is 4.04. The molecule has 0 aliphatic carbocycles. The van der Waals surface area contributed by atoms with Gasteiger partial charge in [-0.05, 0) is 6.92 Å². The number of hydrogen-bond acceptors (Lipinski definition) is 3. The van der Waals surface area contributed by atoms with Crippen molar-refractivity contribution in [2.24, 2.45) is 7.05 Å². The molecular weight excluding hydrogens is 324 g/mol. The van der Waals surface area contributed by atoms with Crippen LogP contribution >= 0.6 is 15.9 Å². The van der Waals surface area contributed by atoms with Crippen molar-refractivity contribution in [2.75, 3.05) is 0 Å². The average molecular weight is 337 g/mol. The maximum atomic E-state index is 12.6. The normalized spacial score (nSPS) is 10.6. The predicted molar refractivity (Wildman–Crippen MR) is 77.9 cm³/mol. The van der Waals surface area contributed by atoms with E-state index >= 15 is 0 Å². The zero-order valence-electron chi connectivity index (χ0n) is 11.1. The van der Waals surface area contributed by atoms with Crippen molar-refractivity contribution in [3.63, 3.8) is 0 Å². The van der Waals surface area contributed by atoms with E-state index in [-0.39, 0.29) is 27.1 Å². The van der Waals surface area contributed by atoms with E-state index < -0.39 is 5.69 Å². The number of hydrogen-bond donors (Lipinski definition) is 0. The van der Waals surface area contributed by atoms with E-state index in [1.165, 1.54) is 11.6 Å². The molecule has 0 N–H and O–H groups in total. The number of ketones is 1. The Hall–Kier alpha value is -1.95. The monoisotopic (exact) mass is 336 g/mol. The van der Waals surface area contributed by atoms with Crippen molar-refractivity contribution in [2.45, 2.75) is 12.3 Å². The molecule has 1 heterocycles. The van der Waals surface area contributed by atoms with Gasteiger partial charge >= 0.3 is 5.69 Å². The van der Waals surface area contributed by atoms with Crippen LogP contribution in [0.15, 0.2) is 35.1 Å². The second-order valence-corrected chi connectivity index (χ2v) is 4.93. The smallest absolute Gasteiger partial charge is 0.501 e. The fourth-order valence-electron chi connectivity index (χ4n) is 2.02. The summed E-state index contributed by atoms with van der Waals surface area (Å²) < 4.78 is 1.45. The van der Waals surface area contributed by atoms with E-state index in [4.69, 9.17) is 0 Å². The topological polar surface area (TPSA) is 66.0 Å². The van der Waals surface area contributed by atoms with Crippen molar-refractivity contribution >= 4 is 21.7 Å².